The van der Waals surface area contributed by atoms with Gasteiger partial charge in [0.15, 0.2) is 0 Å². The molecule has 20 heavy (non-hydrogen) atoms. The van der Waals surface area contributed by atoms with Gasteiger partial charge in [-0.05, 0) is 25.0 Å². The minimum Gasteiger partial charge on any atom is -0.345 e. The number of para-hydroxylation sites is 1. The van der Waals surface area contributed by atoms with Crippen molar-refractivity contribution in [3.05, 3.63) is 30.3 Å². The molecule has 2 heterocycles. The summed E-state index contributed by atoms with van der Waals surface area (Å²) in [6.07, 6.45) is 2.67. The van der Waals surface area contributed by atoms with E-state index in [2.05, 4.69) is 0 Å². The Hall–Kier alpha value is -2.04. The van der Waals surface area contributed by atoms with Crippen LogP contribution >= 0.6 is 0 Å². The summed E-state index contributed by atoms with van der Waals surface area (Å²) in [6.45, 7) is 3.03. The van der Waals surface area contributed by atoms with Gasteiger partial charge in [-0.25, -0.2) is 4.79 Å². The van der Waals surface area contributed by atoms with Crippen LogP contribution in [0.5, 0.6) is 0 Å². The predicted octanol–water partition coefficient (Wildman–Crippen LogP) is 1.55. The first-order chi connectivity index (χ1) is 9.79. The molecular formula is C15H19N3O2. The number of hydrogen-bond donors (Lipinski definition) is 0. The highest BCUT2D eigenvalue weighted by molar-refractivity contribution is 5.94. The third-order valence-corrected chi connectivity index (χ3v) is 4.20. The molecule has 0 atom stereocenters. The van der Waals surface area contributed by atoms with Gasteiger partial charge in [-0.3, -0.25) is 9.69 Å². The Morgan fingerprint density at radius 1 is 1.00 bits per heavy atom. The van der Waals surface area contributed by atoms with Crippen LogP contribution in [0.15, 0.2) is 30.3 Å². The molecule has 0 N–H and O–H groups in total. The Bertz CT molecular complexity index is 483. The average molecular weight is 273 g/mol. The summed E-state index contributed by atoms with van der Waals surface area (Å²) >= 11 is 0. The molecule has 0 bridgehead atoms. The summed E-state index contributed by atoms with van der Waals surface area (Å²) in [5, 5.41) is 0. The zero-order valence-corrected chi connectivity index (χ0v) is 11.4. The second-order valence-electron chi connectivity index (χ2n) is 5.34. The second-order valence-corrected chi connectivity index (χ2v) is 5.34. The number of benzene rings is 1. The van der Waals surface area contributed by atoms with Crippen molar-refractivity contribution in [1.82, 2.24) is 9.80 Å². The maximum atomic E-state index is 12.5. The lowest BCUT2D eigenvalue weighted by Gasteiger charge is -2.34. The van der Waals surface area contributed by atoms with Gasteiger partial charge < -0.3 is 9.80 Å². The Morgan fingerprint density at radius 2 is 1.70 bits per heavy atom. The van der Waals surface area contributed by atoms with Gasteiger partial charge in [-0.15, -0.1) is 0 Å². The largest absolute Gasteiger partial charge is 0.345 e. The van der Waals surface area contributed by atoms with Crippen LogP contribution in [0, 0.1) is 0 Å². The van der Waals surface area contributed by atoms with Gasteiger partial charge in [0.05, 0.1) is 0 Å². The van der Waals surface area contributed by atoms with Crippen molar-refractivity contribution in [3.63, 3.8) is 0 Å². The Kier molecular flexibility index (Phi) is 3.58. The van der Waals surface area contributed by atoms with Gasteiger partial charge in [-0.2, -0.15) is 0 Å². The fourth-order valence-electron chi connectivity index (χ4n) is 3.04. The smallest absolute Gasteiger partial charge is 0.324 e. The van der Waals surface area contributed by atoms with E-state index in [1.807, 2.05) is 40.1 Å². The van der Waals surface area contributed by atoms with Crippen LogP contribution in [0.25, 0.3) is 0 Å². The molecule has 0 spiro atoms. The standard InChI is InChI=1S/C15H19N3O2/c19-12-16-8-6-14(7-9-16)18-11-10-17(15(18)20)13-4-2-1-3-5-13/h1-5,12,14H,6-11H2. The van der Waals surface area contributed by atoms with Crippen molar-refractivity contribution in [3.8, 4) is 0 Å². The quantitative estimate of drug-likeness (QED) is 0.784. The molecule has 5 nitrogen and oxygen atoms in total. The van der Waals surface area contributed by atoms with Gasteiger partial charge in [0, 0.05) is 37.9 Å². The summed E-state index contributed by atoms with van der Waals surface area (Å²) in [5.41, 5.74) is 0.963. The summed E-state index contributed by atoms with van der Waals surface area (Å²) in [6, 6.07) is 10.2. The van der Waals surface area contributed by atoms with E-state index in [-0.39, 0.29) is 12.1 Å². The monoisotopic (exact) mass is 273 g/mol. The zero-order chi connectivity index (χ0) is 13.9. The van der Waals surface area contributed by atoms with Gasteiger partial charge >= 0.3 is 6.03 Å². The van der Waals surface area contributed by atoms with E-state index in [4.69, 9.17) is 0 Å². The van der Waals surface area contributed by atoms with Crippen LogP contribution in [0.1, 0.15) is 12.8 Å². The first-order valence-electron chi connectivity index (χ1n) is 7.12. The highest BCUT2D eigenvalue weighted by atomic mass is 16.2. The highest BCUT2D eigenvalue weighted by Gasteiger charge is 2.35. The summed E-state index contributed by atoms with van der Waals surface area (Å²) in [5.74, 6) is 0. The molecule has 2 aliphatic heterocycles. The number of anilines is 1. The predicted molar refractivity (Wildman–Crippen MR) is 76.5 cm³/mol. The first-order valence-corrected chi connectivity index (χ1v) is 7.12. The maximum absolute atomic E-state index is 12.5. The van der Waals surface area contributed by atoms with E-state index in [0.29, 0.717) is 0 Å². The van der Waals surface area contributed by atoms with Crippen molar-refractivity contribution in [2.45, 2.75) is 18.9 Å². The minimum atomic E-state index is 0.0979. The van der Waals surface area contributed by atoms with E-state index >= 15 is 0 Å². The molecule has 3 rings (SSSR count). The number of amides is 3. The lowest BCUT2D eigenvalue weighted by molar-refractivity contribution is -0.119. The van der Waals surface area contributed by atoms with Crippen molar-refractivity contribution in [2.75, 3.05) is 31.1 Å². The molecule has 3 amide bonds. The van der Waals surface area contributed by atoms with E-state index in [0.717, 1.165) is 51.1 Å². The highest BCUT2D eigenvalue weighted by Crippen LogP contribution is 2.24. The van der Waals surface area contributed by atoms with Crippen molar-refractivity contribution < 1.29 is 9.59 Å². The number of urea groups is 1. The molecule has 106 valence electrons. The van der Waals surface area contributed by atoms with E-state index < -0.39 is 0 Å². The van der Waals surface area contributed by atoms with Crippen molar-refractivity contribution >= 4 is 18.1 Å². The molecule has 2 saturated heterocycles. The zero-order valence-electron chi connectivity index (χ0n) is 11.4. The number of carbonyl (C=O) groups is 2. The lowest BCUT2D eigenvalue weighted by atomic mass is 10.0. The maximum Gasteiger partial charge on any atom is 0.324 e. The van der Waals surface area contributed by atoms with Crippen molar-refractivity contribution in [1.29, 1.82) is 0 Å². The van der Waals surface area contributed by atoms with E-state index in [1.54, 1.807) is 4.90 Å². The molecule has 0 unspecified atom stereocenters. The molecular weight excluding hydrogens is 254 g/mol. The molecule has 1 aromatic rings. The second kappa shape index (κ2) is 5.53. The van der Waals surface area contributed by atoms with Crippen LogP contribution in [0.2, 0.25) is 0 Å². The van der Waals surface area contributed by atoms with Crippen LogP contribution in [0.4, 0.5) is 10.5 Å². The Labute approximate surface area is 118 Å². The number of likely N-dealkylation sites (tertiary alicyclic amines) is 1. The summed E-state index contributed by atoms with van der Waals surface area (Å²) < 4.78 is 0. The normalized spacial score (nSPS) is 20.6. The first kappa shape index (κ1) is 13.0. The lowest BCUT2D eigenvalue weighted by Crippen LogP contribution is -2.46. The molecule has 1 aromatic carbocycles. The van der Waals surface area contributed by atoms with Crippen LogP contribution in [0.3, 0.4) is 0 Å². The number of rotatable bonds is 3. The SMILES string of the molecule is O=CN1CCC(N2CCN(c3ccccc3)C2=O)CC1. The third kappa shape index (κ3) is 2.35. The molecule has 0 aromatic heterocycles. The Morgan fingerprint density at radius 3 is 2.35 bits per heavy atom. The topological polar surface area (TPSA) is 43.9 Å². The van der Waals surface area contributed by atoms with Gasteiger partial charge in [-0.1, -0.05) is 18.2 Å². The van der Waals surface area contributed by atoms with Gasteiger partial charge in [0.2, 0.25) is 6.41 Å². The van der Waals surface area contributed by atoms with Gasteiger partial charge in [0.25, 0.3) is 0 Å². The number of hydrogen-bond acceptors (Lipinski definition) is 2. The van der Waals surface area contributed by atoms with Crippen LogP contribution in [-0.4, -0.2) is 54.5 Å². The van der Waals surface area contributed by atoms with Gasteiger partial charge in [0.1, 0.15) is 0 Å². The molecule has 5 heteroatoms. The molecule has 2 aliphatic rings. The number of piperidine rings is 1. The summed E-state index contributed by atoms with van der Waals surface area (Å²) in [7, 11) is 0. The van der Waals surface area contributed by atoms with E-state index in [1.165, 1.54) is 0 Å². The Balaban J connectivity index is 1.66. The number of nitrogens with zero attached hydrogens (tertiary/aromatic N) is 3. The molecule has 0 saturated carbocycles. The number of carbonyl (C=O) groups excluding carboxylic acids is 2. The third-order valence-electron chi connectivity index (χ3n) is 4.20. The summed E-state index contributed by atoms with van der Waals surface area (Å²) in [4.78, 5) is 28.8. The fourth-order valence-corrected chi connectivity index (χ4v) is 3.04. The molecule has 0 radical (unpaired) electrons. The minimum absolute atomic E-state index is 0.0979. The molecule has 2 fully saturated rings. The van der Waals surface area contributed by atoms with Crippen LogP contribution < -0.4 is 4.90 Å². The average Bonchev–Trinajstić information content (AvgIpc) is 2.90. The van der Waals surface area contributed by atoms with Crippen molar-refractivity contribution in [2.24, 2.45) is 0 Å². The van der Waals surface area contributed by atoms with E-state index in [9.17, 15) is 9.59 Å². The van der Waals surface area contributed by atoms with Crippen LogP contribution in [-0.2, 0) is 4.79 Å². The molecule has 0 aliphatic carbocycles. The fraction of sp³-hybridized carbons (Fsp3) is 0.467.